The first kappa shape index (κ1) is 28.6. The van der Waals surface area contributed by atoms with E-state index in [0.29, 0.717) is 6.42 Å². The van der Waals surface area contributed by atoms with Crippen LogP contribution in [-0.2, 0) is 22.5 Å². The normalized spacial score (nSPS) is 18.5. The Labute approximate surface area is 248 Å². The summed E-state index contributed by atoms with van der Waals surface area (Å²) in [7, 11) is 1.76. The third-order valence-electron chi connectivity index (χ3n) is 9.00. The second-order valence-corrected chi connectivity index (χ2v) is 11.8. The van der Waals surface area contributed by atoms with Crippen molar-refractivity contribution in [1.82, 2.24) is 14.5 Å². The third kappa shape index (κ3) is 5.74. The average Bonchev–Trinajstić information content (AvgIpc) is 3.63. The highest BCUT2D eigenvalue weighted by molar-refractivity contribution is 5.79. The molecule has 2 N–H and O–H groups in total. The zero-order valence-corrected chi connectivity index (χ0v) is 24.8. The van der Waals surface area contributed by atoms with Crippen LogP contribution >= 0.6 is 0 Å². The molecule has 1 fully saturated rings. The second-order valence-electron chi connectivity index (χ2n) is 11.8. The van der Waals surface area contributed by atoms with Crippen LogP contribution in [0.15, 0.2) is 60.7 Å². The van der Waals surface area contributed by atoms with Gasteiger partial charge in [0, 0.05) is 51.6 Å². The maximum absolute atomic E-state index is 11.6. The van der Waals surface area contributed by atoms with E-state index >= 15 is 0 Å². The lowest BCUT2D eigenvalue weighted by Crippen LogP contribution is -2.45. The molecule has 7 heteroatoms. The zero-order chi connectivity index (χ0) is 29.1. The van der Waals surface area contributed by atoms with E-state index in [1.807, 2.05) is 0 Å². The van der Waals surface area contributed by atoms with Gasteiger partial charge < -0.3 is 24.6 Å². The van der Waals surface area contributed by atoms with E-state index in [2.05, 4.69) is 77.1 Å². The maximum Gasteiger partial charge on any atom is 0.122 e. The van der Waals surface area contributed by atoms with Crippen LogP contribution in [0.1, 0.15) is 60.2 Å². The lowest BCUT2D eigenvalue weighted by atomic mass is 9.89. The average molecular weight is 567 g/mol. The van der Waals surface area contributed by atoms with Crippen molar-refractivity contribution in [1.29, 1.82) is 0 Å². The van der Waals surface area contributed by atoms with E-state index in [4.69, 9.17) is 20.2 Å². The van der Waals surface area contributed by atoms with Gasteiger partial charge in [0.25, 0.3) is 0 Å². The molecule has 0 spiro atoms. The minimum atomic E-state index is -0.285. The number of methoxy groups -OCH3 is 1. The van der Waals surface area contributed by atoms with Crippen molar-refractivity contribution >= 4 is 17.3 Å². The molecule has 4 aromatic rings. The molecule has 6 rings (SSSR count). The Kier molecular flexibility index (Phi) is 8.70. The smallest absolute Gasteiger partial charge is 0.122 e. The van der Waals surface area contributed by atoms with Crippen LogP contribution in [0.4, 0.5) is 0 Å². The summed E-state index contributed by atoms with van der Waals surface area (Å²) in [6, 6.07) is 21.3. The van der Waals surface area contributed by atoms with Gasteiger partial charge in [0.15, 0.2) is 0 Å². The number of nitrogens with zero attached hydrogens (tertiary/aromatic N) is 3. The van der Waals surface area contributed by atoms with Crippen LogP contribution in [0.3, 0.4) is 0 Å². The maximum atomic E-state index is 11.6. The highest BCUT2D eigenvalue weighted by Gasteiger charge is 2.33. The number of rotatable bonds is 11. The van der Waals surface area contributed by atoms with Gasteiger partial charge in [0.2, 0.25) is 0 Å². The molecule has 2 aliphatic rings. The van der Waals surface area contributed by atoms with Crippen LogP contribution in [0.5, 0.6) is 5.75 Å². The molecule has 7 nitrogen and oxygen atoms in total. The lowest BCUT2D eigenvalue weighted by Gasteiger charge is -2.40. The van der Waals surface area contributed by atoms with Crippen molar-refractivity contribution < 1.29 is 14.3 Å². The Morgan fingerprint density at radius 2 is 1.98 bits per heavy atom. The van der Waals surface area contributed by atoms with Gasteiger partial charge in [-0.25, -0.2) is 4.98 Å². The molecular weight excluding hydrogens is 524 g/mol. The topological polar surface area (TPSA) is 82.6 Å². The van der Waals surface area contributed by atoms with Gasteiger partial charge in [0.05, 0.1) is 23.7 Å². The third-order valence-corrected chi connectivity index (χ3v) is 9.00. The van der Waals surface area contributed by atoms with Gasteiger partial charge in [-0.05, 0) is 78.7 Å². The van der Waals surface area contributed by atoms with Crippen molar-refractivity contribution in [3.8, 4) is 16.9 Å². The Morgan fingerprint density at radius 3 is 2.79 bits per heavy atom. The summed E-state index contributed by atoms with van der Waals surface area (Å²) in [4.78, 5) is 19.3. The fraction of sp³-hybridized carbons (Fsp3) is 0.429. The van der Waals surface area contributed by atoms with Crippen LogP contribution in [0.25, 0.3) is 22.2 Å². The van der Waals surface area contributed by atoms with Crippen LogP contribution in [0.2, 0.25) is 0 Å². The highest BCUT2D eigenvalue weighted by atomic mass is 16.5. The summed E-state index contributed by atoms with van der Waals surface area (Å²) >= 11 is 0. The molecule has 3 heterocycles. The number of piperidine rings is 1. The number of aldehydes is 1. The lowest BCUT2D eigenvalue weighted by molar-refractivity contribution is -0.108. The first-order valence-corrected chi connectivity index (χ1v) is 15.3. The minimum absolute atomic E-state index is 0.0477. The molecule has 2 unspecified atom stereocenters. The highest BCUT2D eigenvalue weighted by Crippen LogP contribution is 2.37. The predicted molar refractivity (Wildman–Crippen MR) is 167 cm³/mol. The molecule has 0 radical (unpaired) electrons. The van der Waals surface area contributed by atoms with Gasteiger partial charge in [-0.3, -0.25) is 4.90 Å². The summed E-state index contributed by atoms with van der Waals surface area (Å²) in [5.41, 5.74) is 15.0. The van der Waals surface area contributed by atoms with Crippen molar-refractivity contribution in [3.05, 3.63) is 83.2 Å². The van der Waals surface area contributed by atoms with Gasteiger partial charge in [-0.1, -0.05) is 42.5 Å². The van der Waals surface area contributed by atoms with E-state index in [9.17, 15) is 4.79 Å². The monoisotopic (exact) mass is 566 g/mol. The Balaban J connectivity index is 1.28. The zero-order valence-electron chi connectivity index (χ0n) is 24.8. The summed E-state index contributed by atoms with van der Waals surface area (Å²) in [5.74, 6) is 2.43. The van der Waals surface area contributed by atoms with Crippen molar-refractivity contribution in [2.24, 2.45) is 5.73 Å². The number of fused-ring (bicyclic) bond motifs is 2. The molecule has 1 saturated heterocycles. The SMILES string of the molecule is COCCCn1c([C@@H]2CCCN(C(c3ccc(-c4ccc5c(c4)CCO5)cc3)C(N)CC=O)C2)nc2c(C)cccc21. The van der Waals surface area contributed by atoms with Crippen molar-refractivity contribution in [2.75, 3.05) is 33.4 Å². The summed E-state index contributed by atoms with van der Waals surface area (Å²) in [5, 5.41) is 0. The summed E-state index contributed by atoms with van der Waals surface area (Å²) in [6.45, 7) is 6.30. The second kappa shape index (κ2) is 12.8. The molecular formula is C35H42N4O3. The minimum Gasteiger partial charge on any atom is -0.493 e. The number of benzene rings is 3. The van der Waals surface area contributed by atoms with Crippen molar-refractivity contribution in [3.63, 3.8) is 0 Å². The van der Waals surface area contributed by atoms with Gasteiger partial charge in [0.1, 0.15) is 17.9 Å². The molecule has 42 heavy (non-hydrogen) atoms. The number of para-hydroxylation sites is 1. The molecule has 220 valence electrons. The first-order chi connectivity index (χ1) is 20.6. The van der Waals surface area contributed by atoms with E-state index in [1.165, 1.54) is 27.8 Å². The quantitative estimate of drug-likeness (QED) is 0.182. The van der Waals surface area contributed by atoms with E-state index in [1.54, 1.807) is 7.11 Å². The molecule has 0 aliphatic carbocycles. The van der Waals surface area contributed by atoms with Gasteiger partial charge >= 0.3 is 0 Å². The van der Waals surface area contributed by atoms with Crippen LogP contribution in [0, 0.1) is 6.92 Å². The fourth-order valence-corrected chi connectivity index (χ4v) is 6.90. The number of ether oxygens (including phenoxy) is 2. The number of carbonyl (C=O) groups is 1. The molecule has 1 aromatic heterocycles. The van der Waals surface area contributed by atoms with Gasteiger partial charge in [-0.2, -0.15) is 0 Å². The number of likely N-dealkylation sites (tertiary alicyclic amines) is 1. The van der Waals surface area contributed by atoms with Crippen molar-refractivity contribution in [2.45, 2.75) is 63.6 Å². The van der Waals surface area contributed by atoms with E-state index in [-0.39, 0.29) is 18.0 Å². The number of aryl methyl sites for hydroxylation is 2. The largest absolute Gasteiger partial charge is 0.493 e. The summed E-state index contributed by atoms with van der Waals surface area (Å²) in [6.07, 6.45) is 5.32. The Hall–Kier alpha value is -3.52. The number of imidazole rings is 1. The van der Waals surface area contributed by atoms with E-state index in [0.717, 1.165) is 87.5 Å². The summed E-state index contributed by atoms with van der Waals surface area (Å²) < 4.78 is 13.5. The number of nitrogens with two attached hydrogens (primary N) is 1. The Morgan fingerprint density at radius 1 is 1.14 bits per heavy atom. The molecule has 3 atom stereocenters. The van der Waals surface area contributed by atoms with Gasteiger partial charge in [-0.15, -0.1) is 0 Å². The standard InChI is InChI=1S/C35H42N4O3/c1-24-6-3-8-31-33(24)37-35(39(31)18-5-20-41-2)29-7-4-17-38(23-29)34(30(36)15-19-40)26-11-9-25(10-12-26)27-13-14-32-28(22-27)16-21-42-32/h3,6,8-14,19,22,29-30,34H,4-5,7,15-18,20-21,23,36H2,1-2H3/t29-,30?,34?/m1/s1. The number of aromatic nitrogens is 2. The van der Waals surface area contributed by atoms with E-state index < -0.39 is 0 Å². The molecule has 2 aliphatic heterocycles. The molecule has 0 saturated carbocycles. The van der Waals surface area contributed by atoms with Crippen LogP contribution in [-0.4, -0.2) is 60.2 Å². The molecule has 3 aromatic carbocycles. The van der Waals surface area contributed by atoms with Crippen LogP contribution < -0.4 is 10.5 Å². The number of hydrogen-bond acceptors (Lipinski definition) is 6. The molecule has 0 amide bonds. The molecule has 0 bridgehead atoms. The number of hydrogen-bond donors (Lipinski definition) is 1. The number of carbonyl (C=O) groups excluding carboxylic acids is 1. The predicted octanol–water partition coefficient (Wildman–Crippen LogP) is 5.82. The Bertz CT molecular complexity index is 1530. The fourth-order valence-electron chi connectivity index (χ4n) is 6.90. The first-order valence-electron chi connectivity index (χ1n) is 15.3.